The first-order valence-electron chi connectivity index (χ1n) is 8.11. The number of hydrogen-bond acceptors (Lipinski definition) is 6. The molecule has 7 heteroatoms. The molecule has 6 nitrogen and oxygen atoms in total. The van der Waals surface area contributed by atoms with E-state index in [0.29, 0.717) is 19.2 Å². The topological polar surface area (TPSA) is 59.5 Å². The summed E-state index contributed by atoms with van der Waals surface area (Å²) < 4.78 is 12.6. The zero-order chi connectivity index (χ0) is 16.4. The zero-order valence-corrected chi connectivity index (χ0v) is 14.8. The highest BCUT2D eigenvalue weighted by Gasteiger charge is 2.40. The van der Waals surface area contributed by atoms with Gasteiger partial charge in [0.2, 0.25) is 5.95 Å². The van der Waals surface area contributed by atoms with E-state index in [1.54, 1.807) is 6.20 Å². The molecule has 2 saturated heterocycles. The fraction of sp³-hybridized carbons (Fsp3) is 0.412. The van der Waals surface area contributed by atoms with E-state index in [1.807, 2.05) is 30.3 Å². The van der Waals surface area contributed by atoms with Gasteiger partial charge in [-0.3, -0.25) is 0 Å². The van der Waals surface area contributed by atoms with Crippen LogP contribution in [0.1, 0.15) is 12.8 Å². The third-order valence-electron chi connectivity index (χ3n) is 4.40. The van der Waals surface area contributed by atoms with Crippen molar-refractivity contribution in [1.82, 2.24) is 9.97 Å². The van der Waals surface area contributed by atoms with Gasteiger partial charge in [0.05, 0.1) is 13.2 Å². The van der Waals surface area contributed by atoms with Crippen LogP contribution in [0.25, 0.3) is 0 Å². The Balaban J connectivity index is 1.44. The second-order valence-corrected chi connectivity index (χ2v) is 6.88. The Morgan fingerprint density at radius 1 is 1.04 bits per heavy atom. The van der Waals surface area contributed by atoms with Gasteiger partial charge in [-0.1, -0.05) is 15.9 Å². The number of ether oxygens (including phenoxy) is 2. The van der Waals surface area contributed by atoms with Crippen LogP contribution >= 0.6 is 15.9 Å². The van der Waals surface area contributed by atoms with Gasteiger partial charge < -0.3 is 19.7 Å². The van der Waals surface area contributed by atoms with Gasteiger partial charge in [0.25, 0.3) is 0 Å². The van der Waals surface area contributed by atoms with E-state index < -0.39 is 0 Å². The minimum Gasteiger partial charge on any atom is -0.356 e. The maximum absolute atomic E-state index is 5.78. The fourth-order valence-corrected chi connectivity index (χ4v) is 3.37. The number of benzene rings is 1. The van der Waals surface area contributed by atoms with E-state index in [9.17, 15) is 0 Å². The van der Waals surface area contributed by atoms with Crippen molar-refractivity contribution in [3.8, 4) is 0 Å². The van der Waals surface area contributed by atoms with E-state index >= 15 is 0 Å². The lowest BCUT2D eigenvalue weighted by Crippen LogP contribution is -2.45. The second-order valence-electron chi connectivity index (χ2n) is 5.96. The van der Waals surface area contributed by atoms with Crippen LogP contribution in [-0.4, -0.2) is 42.1 Å². The summed E-state index contributed by atoms with van der Waals surface area (Å²) in [6.07, 6.45) is 3.52. The van der Waals surface area contributed by atoms with E-state index in [2.05, 4.69) is 36.1 Å². The molecule has 0 amide bonds. The van der Waals surface area contributed by atoms with E-state index in [4.69, 9.17) is 9.47 Å². The molecule has 126 valence electrons. The van der Waals surface area contributed by atoms with Crippen LogP contribution in [0.3, 0.4) is 0 Å². The Bertz CT molecular complexity index is 694. The smallest absolute Gasteiger partial charge is 0.229 e. The monoisotopic (exact) mass is 390 g/mol. The molecule has 2 aromatic rings. The third kappa shape index (κ3) is 3.38. The SMILES string of the molecule is Brc1ccc(Nc2nccc(N3CCC4(CC3)OCCO4)n2)cc1. The first-order valence-corrected chi connectivity index (χ1v) is 8.90. The molecule has 2 aliphatic heterocycles. The maximum Gasteiger partial charge on any atom is 0.229 e. The van der Waals surface area contributed by atoms with E-state index in [0.717, 1.165) is 41.9 Å². The number of anilines is 3. The third-order valence-corrected chi connectivity index (χ3v) is 4.93. The molecule has 2 fully saturated rings. The van der Waals surface area contributed by atoms with Gasteiger partial charge >= 0.3 is 0 Å². The Kier molecular flexibility index (Phi) is 4.39. The lowest BCUT2D eigenvalue weighted by molar-refractivity contribution is -0.169. The molecule has 0 atom stereocenters. The minimum atomic E-state index is -0.359. The molecule has 2 aliphatic rings. The van der Waals surface area contributed by atoms with Crippen molar-refractivity contribution in [2.45, 2.75) is 18.6 Å². The molecule has 0 unspecified atom stereocenters. The number of aromatic nitrogens is 2. The highest BCUT2D eigenvalue weighted by molar-refractivity contribution is 9.10. The first-order chi connectivity index (χ1) is 11.7. The van der Waals surface area contributed by atoms with Gasteiger partial charge in [-0.15, -0.1) is 0 Å². The molecule has 0 saturated carbocycles. The van der Waals surface area contributed by atoms with Gasteiger partial charge in [-0.2, -0.15) is 4.98 Å². The number of rotatable bonds is 3. The molecule has 4 rings (SSSR count). The molecule has 0 bridgehead atoms. The van der Waals surface area contributed by atoms with Crippen LogP contribution in [0.4, 0.5) is 17.5 Å². The second kappa shape index (κ2) is 6.66. The summed E-state index contributed by atoms with van der Waals surface area (Å²) in [5.74, 6) is 1.17. The number of hydrogen-bond donors (Lipinski definition) is 1. The summed E-state index contributed by atoms with van der Waals surface area (Å²) in [6, 6.07) is 9.88. The Labute approximate surface area is 149 Å². The van der Waals surface area contributed by atoms with Gasteiger partial charge in [-0.25, -0.2) is 4.98 Å². The molecule has 0 aliphatic carbocycles. The molecule has 1 aromatic heterocycles. The average Bonchev–Trinajstić information content (AvgIpc) is 3.06. The van der Waals surface area contributed by atoms with Crippen LogP contribution in [0.5, 0.6) is 0 Å². The summed E-state index contributed by atoms with van der Waals surface area (Å²) >= 11 is 3.43. The summed E-state index contributed by atoms with van der Waals surface area (Å²) in [5, 5.41) is 3.24. The number of nitrogens with one attached hydrogen (secondary N) is 1. The van der Waals surface area contributed by atoms with Gasteiger partial charge in [-0.05, 0) is 30.3 Å². The Morgan fingerprint density at radius 2 is 1.75 bits per heavy atom. The predicted molar refractivity (Wildman–Crippen MR) is 95.5 cm³/mol. The zero-order valence-electron chi connectivity index (χ0n) is 13.2. The molecule has 1 N–H and O–H groups in total. The molecule has 1 aromatic carbocycles. The summed E-state index contributed by atoms with van der Waals surface area (Å²) in [5.41, 5.74) is 0.959. The standard InChI is InChI=1S/C17H19BrN4O2/c18-13-1-3-14(4-2-13)20-16-19-8-5-15(21-16)22-9-6-17(7-10-22)23-11-12-24-17/h1-5,8H,6-7,9-12H2,(H,19,20,21). The Hall–Kier alpha value is -1.70. The number of nitrogens with zero attached hydrogens (tertiary/aromatic N) is 3. The van der Waals surface area contributed by atoms with Crippen molar-refractivity contribution in [3.63, 3.8) is 0 Å². The van der Waals surface area contributed by atoms with Crippen LogP contribution in [0.2, 0.25) is 0 Å². The predicted octanol–water partition coefficient (Wildman–Crippen LogP) is 3.33. The van der Waals surface area contributed by atoms with Gasteiger partial charge in [0, 0.05) is 42.3 Å². The normalized spacial score (nSPS) is 19.6. The summed E-state index contributed by atoms with van der Waals surface area (Å²) in [7, 11) is 0. The van der Waals surface area contributed by atoms with Crippen molar-refractivity contribution in [2.75, 3.05) is 36.5 Å². The van der Waals surface area contributed by atoms with Crippen LogP contribution in [-0.2, 0) is 9.47 Å². The van der Waals surface area contributed by atoms with Crippen molar-refractivity contribution in [1.29, 1.82) is 0 Å². The molecule has 3 heterocycles. The van der Waals surface area contributed by atoms with Crippen LogP contribution in [0.15, 0.2) is 41.0 Å². The number of halogens is 1. The molecule has 24 heavy (non-hydrogen) atoms. The highest BCUT2D eigenvalue weighted by atomic mass is 79.9. The van der Waals surface area contributed by atoms with Crippen LogP contribution < -0.4 is 10.2 Å². The van der Waals surface area contributed by atoms with Crippen molar-refractivity contribution >= 4 is 33.4 Å². The highest BCUT2D eigenvalue weighted by Crippen LogP contribution is 2.32. The van der Waals surface area contributed by atoms with E-state index in [1.165, 1.54) is 0 Å². The first kappa shape index (κ1) is 15.8. The van der Waals surface area contributed by atoms with Gasteiger partial charge in [0.15, 0.2) is 5.79 Å². The fourth-order valence-electron chi connectivity index (χ4n) is 3.11. The minimum absolute atomic E-state index is 0.359. The molecule has 1 spiro atoms. The Morgan fingerprint density at radius 3 is 2.46 bits per heavy atom. The number of piperidine rings is 1. The summed E-state index contributed by atoms with van der Waals surface area (Å²) in [6.45, 7) is 3.15. The van der Waals surface area contributed by atoms with Gasteiger partial charge in [0.1, 0.15) is 5.82 Å². The van der Waals surface area contributed by atoms with Crippen LogP contribution in [0, 0.1) is 0 Å². The molecular weight excluding hydrogens is 372 g/mol. The maximum atomic E-state index is 5.78. The summed E-state index contributed by atoms with van der Waals surface area (Å²) in [4.78, 5) is 11.2. The lowest BCUT2D eigenvalue weighted by atomic mass is 10.0. The largest absolute Gasteiger partial charge is 0.356 e. The lowest BCUT2D eigenvalue weighted by Gasteiger charge is -2.38. The van der Waals surface area contributed by atoms with Crippen molar-refractivity contribution in [3.05, 3.63) is 41.0 Å². The molecular formula is C17H19BrN4O2. The molecule has 0 radical (unpaired) electrons. The average molecular weight is 391 g/mol. The van der Waals surface area contributed by atoms with Crippen molar-refractivity contribution in [2.24, 2.45) is 0 Å². The quantitative estimate of drug-likeness (QED) is 0.867. The van der Waals surface area contributed by atoms with E-state index in [-0.39, 0.29) is 5.79 Å². The van der Waals surface area contributed by atoms with Crippen molar-refractivity contribution < 1.29 is 9.47 Å².